The van der Waals surface area contributed by atoms with Crippen molar-refractivity contribution in [2.24, 2.45) is 11.8 Å². The van der Waals surface area contributed by atoms with Crippen LogP contribution in [0.3, 0.4) is 0 Å². The molecule has 33 heavy (non-hydrogen) atoms. The second-order valence-electron chi connectivity index (χ2n) is 9.77. The van der Waals surface area contributed by atoms with Gasteiger partial charge >= 0.3 is 0 Å². The van der Waals surface area contributed by atoms with Gasteiger partial charge in [0.05, 0.1) is 12.4 Å². The van der Waals surface area contributed by atoms with Gasteiger partial charge in [0.25, 0.3) is 0 Å². The predicted octanol–water partition coefficient (Wildman–Crippen LogP) is 4.08. The van der Waals surface area contributed by atoms with Crippen molar-refractivity contribution in [1.29, 1.82) is 0 Å². The minimum Gasteiger partial charge on any atom is -0.507 e. The number of phenols is 1. The average Bonchev–Trinajstić information content (AvgIpc) is 3.46. The molecule has 178 valence electrons. The summed E-state index contributed by atoms with van der Waals surface area (Å²) in [5.41, 5.74) is 3.11. The molecule has 1 aromatic carbocycles. The van der Waals surface area contributed by atoms with Gasteiger partial charge in [0.2, 0.25) is 5.95 Å². The number of aromatic amines is 1. The van der Waals surface area contributed by atoms with Crippen molar-refractivity contribution in [2.45, 2.75) is 45.2 Å². The Bertz CT molecular complexity index is 1050. The van der Waals surface area contributed by atoms with E-state index in [1.54, 1.807) is 24.7 Å². The maximum atomic E-state index is 10.5. The highest BCUT2D eigenvalue weighted by atomic mass is 35.5. The monoisotopic (exact) mass is 491 g/mol. The van der Waals surface area contributed by atoms with Crippen LogP contribution in [-0.4, -0.2) is 55.2 Å². The number of fused-ring (bicyclic) bond motifs is 1. The van der Waals surface area contributed by atoms with Crippen LogP contribution in [0.5, 0.6) is 5.75 Å². The van der Waals surface area contributed by atoms with Crippen molar-refractivity contribution < 1.29 is 5.11 Å². The Labute approximate surface area is 206 Å². The van der Waals surface area contributed by atoms with Gasteiger partial charge in [0.15, 0.2) is 0 Å². The third-order valence-corrected chi connectivity index (χ3v) is 6.41. The Kier molecular flexibility index (Phi) is 7.51. The summed E-state index contributed by atoms with van der Waals surface area (Å²) in [6.45, 7) is 8.64. The molecule has 8 nitrogen and oxygen atoms in total. The Morgan fingerprint density at radius 3 is 2.52 bits per heavy atom. The van der Waals surface area contributed by atoms with E-state index in [0.29, 0.717) is 35.1 Å². The van der Waals surface area contributed by atoms with Gasteiger partial charge in [-0.15, -0.1) is 35.0 Å². The minimum absolute atomic E-state index is 0. The summed E-state index contributed by atoms with van der Waals surface area (Å²) in [5, 5.41) is 29.8. The van der Waals surface area contributed by atoms with Crippen LogP contribution in [-0.2, 0) is 0 Å². The number of aromatic nitrogens is 5. The molecule has 0 unspecified atom stereocenters. The molecule has 0 bridgehead atoms. The molecular weight excluding hydrogens is 461 g/mol. The number of hydrogen-bond acceptors (Lipinski definition) is 7. The molecule has 5 rings (SSSR count). The van der Waals surface area contributed by atoms with Crippen LogP contribution in [0.1, 0.15) is 33.6 Å². The minimum atomic E-state index is 0. The maximum Gasteiger partial charge on any atom is 0.245 e. The topological polar surface area (TPSA) is 103 Å². The smallest absolute Gasteiger partial charge is 0.245 e. The van der Waals surface area contributed by atoms with Crippen LogP contribution < -0.4 is 10.2 Å². The van der Waals surface area contributed by atoms with Crippen LogP contribution in [0, 0.1) is 11.8 Å². The van der Waals surface area contributed by atoms with Crippen molar-refractivity contribution in [3.63, 3.8) is 0 Å². The van der Waals surface area contributed by atoms with Crippen molar-refractivity contribution in [2.75, 3.05) is 18.0 Å². The molecule has 3 heterocycles. The average molecular weight is 492 g/mol. The van der Waals surface area contributed by atoms with Gasteiger partial charge in [-0.25, -0.2) is 4.98 Å². The van der Waals surface area contributed by atoms with Gasteiger partial charge in [-0.1, -0.05) is 6.07 Å². The summed E-state index contributed by atoms with van der Waals surface area (Å²) < 4.78 is 0. The number of anilines is 1. The Balaban J connectivity index is 0.00000153. The summed E-state index contributed by atoms with van der Waals surface area (Å²) in [7, 11) is 0. The molecule has 0 spiro atoms. The van der Waals surface area contributed by atoms with Gasteiger partial charge in [-0.2, -0.15) is 5.10 Å². The van der Waals surface area contributed by atoms with E-state index in [1.807, 2.05) is 12.1 Å². The number of phenolic OH excluding ortho intramolecular Hbond substituents is 1. The second kappa shape index (κ2) is 9.83. The van der Waals surface area contributed by atoms with E-state index in [-0.39, 0.29) is 36.1 Å². The van der Waals surface area contributed by atoms with E-state index in [0.717, 1.165) is 24.2 Å². The molecule has 3 N–H and O–H groups in total. The highest BCUT2D eigenvalue weighted by Gasteiger charge is 2.44. The number of aromatic hydroxyl groups is 1. The molecule has 1 aliphatic heterocycles. The fourth-order valence-electron chi connectivity index (χ4n) is 5.04. The lowest BCUT2D eigenvalue weighted by Crippen LogP contribution is -2.46. The molecule has 1 saturated carbocycles. The van der Waals surface area contributed by atoms with Crippen LogP contribution >= 0.6 is 24.8 Å². The van der Waals surface area contributed by atoms with E-state index in [2.05, 4.69) is 56.4 Å². The molecular formula is C23H31Cl2N7O. The lowest BCUT2D eigenvalue weighted by Gasteiger charge is -2.29. The van der Waals surface area contributed by atoms with Crippen LogP contribution in [0.2, 0.25) is 0 Å². The van der Waals surface area contributed by atoms with Crippen molar-refractivity contribution in [3.05, 3.63) is 36.8 Å². The highest BCUT2D eigenvalue weighted by Crippen LogP contribution is 2.40. The molecule has 3 aromatic rings. The third-order valence-electron chi connectivity index (χ3n) is 6.41. The molecule has 0 radical (unpaired) electrons. The van der Waals surface area contributed by atoms with E-state index < -0.39 is 0 Å². The third kappa shape index (κ3) is 5.23. The number of halogens is 2. The maximum absolute atomic E-state index is 10.5. The fourth-order valence-corrected chi connectivity index (χ4v) is 5.04. The number of rotatable bonds is 4. The van der Waals surface area contributed by atoms with Gasteiger partial charge in [-0.05, 0) is 63.1 Å². The fraction of sp³-hybridized carbons (Fsp3) is 0.478. The summed E-state index contributed by atoms with van der Waals surface area (Å²) in [4.78, 5) is 6.84. The Hall–Kier alpha value is -2.42. The normalized spacial score (nSPS) is 21.9. The first-order chi connectivity index (χ1) is 14.9. The number of H-pyrrole nitrogens is 1. The second-order valence-corrected chi connectivity index (χ2v) is 9.77. The first kappa shape index (κ1) is 25.2. The highest BCUT2D eigenvalue weighted by molar-refractivity contribution is 5.85. The summed E-state index contributed by atoms with van der Waals surface area (Å²) in [5.74, 6) is 2.13. The first-order valence-corrected chi connectivity index (χ1v) is 10.9. The van der Waals surface area contributed by atoms with Crippen LogP contribution in [0.25, 0.3) is 22.4 Å². The first-order valence-electron chi connectivity index (χ1n) is 10.9. The largest absolute Gasteiger partial charge is 0.507 e. The number of hydrogen-bond donors (Lipinski definition) is 3. The SMILES string of the molecule is CC(C)(C)N[C@@H]1CC[C@@H]2CN(c3ncc(-c4ccc(-c5cn[nH]c5)cc4O)nn3)C[C@@H]21.Cl.Cl. The van der Waals surface area contributed by atoms with Crippen molar-refractivity contribution in [3.8, 4) is 28.1 Å². The van der Waals surface area contributed by atoms with Crippen molar-refractivity contribution >= 4 is 30.8 Å². The number of benzene rings is 1. The zero-order valence-corrected chi connectivity index (χ0v) is 20.7. The molecule has 2 aliphatic rings. The quantitative estimate of drug-likeness (QED) is 0.504. The Morgan fingerprint density at radius 1 is 1.06 bits per heavy atom. The van der Waals surface area contributed by atoms with E-state index >= 15 is 0 Å². The molecule has 2 aromatic heterocycles. The summed E-state index contributed by atoms with van der Waals surface area (Å²) >= 11 is 0. The molecule has 10 heteroatoms. The van der Waals surface area contributed by atoms with E-state index in [1.165, 1.54) is 12.8 Å². The van der Waals surface area contributed by atoms with Gasteiger partial charge in [0, 0.05) is 42.0 Å². The van der Waals surface area contributed by atoms with Crippen molar-refractivity contribution in [1.82, 2.24) is 30.7 Å². The predicted molar refractivity (Wildman–Crippen MR) is 134 cm³/mol. The summed E-state index contributed by atoms with van der Waals surface area (Å²) in [6, 6.07) is 6.03. The zero-order chi connectivity index (χ0) is 21.6. The molecule has 3 atom stereocenters. The molecule has 1 saturated heterocycles. The molecule has 1 aliphatic carbocycles. The van der Waals surface area contributed by atoms with Crippen LogP contribution in [0.15, 0.2) is 36.8 Å². The number of nitrogens with zero attached hydrogens (tertiary/aromatic N) is 5. The van der Waals surface area contributed by atoms with Gasteiger partial charge in [-0.3, -0.25) is 5.10 Å². The number of nitrogens with one attached hydrogen (secondary N) is 2. The molecule has 2 fully saturated rings. The van der Waals surface area contributed by atoms with Crippen LogP contribution in [0.4, 0.5) is 5.95 Å². The summed E-state index contributed by atoms with van der Waals surface area (Å²) in [6.07, 6.45) is 7.70. The van der Waals surface area contributed by atoms with Gasteiger partial charge < -0.3 is 15.3 Å². The zero-order valence-electron chi connectivity index (χ0n) is 19.0. The Morgan fingerprint density at radius 2 is 1.88 bits per heavy atom. The van der Waals surface area contributed by atoms with E-state index in [4.69, 9.17) is 0 Å². The lowest BCUT2D eigenvalue weighted by molar-refractivity contribution is 0.305. The lowest BCUT2D eigenvalue weighted by atomic mass is 9.95. The standard InChI is InChI=1S/C23H29N7O.2ClH/c1-23(2,3)27-19-7-5-15-12-30(13-18(15)19)22-24-11-20(28-29-22)17-6-4-14(8-21(17)31)16-9-25-26-10-16;;/h4,6,8-11,15,18-19,27,31H,5,7,12-13H2,1-3H3,(H,25,26);2*1H/t15-,18+,19-;;/m1../s1. The van der Waals surface area contributed by atoms with Gasteiger partial charge in [0.1, 0.15) is 11.4 Å². The van der Waals surface area contributed by atoms with E-state index in [9.17, 15) is 5.11 Å². The molecule has 0 amide bonds.